The summed E-state index contributed by atoms with van der Waals surface area (Å²) in [5, 5.41) is 16.1. The van der Waals surface area contributed by atoms with E-state index < -0.39 is 11.9 Å². The van der Waals surface area contributed by atoms with E-state index in [2.05, 4.69) is 35.9 Å². The van der Waals surface area contributed by atoms with Crippen LogP contribution in [0.25, 0.3) is 0 Å². The van der Waals surface area contributed by atoms with Gasteiger partial charge in [0.05, 0.1) is 17.9 Å². The summed E-state index contributed by atoms with van der Waals surface area (Å²) in [4.78, 5) is 20.5. The smallest absolute Gasteiger partial charge is 0.272 e. The molecule has 2 heterocycles. The van der Waals surface area contributed by atoms with Crippen molar-refractivity contribution in [2.75, 3.05) is 5.73 Å². The van der Waals surface area contributed by atoms with Crippen molar-refractivity contribution in [1.82, 2.24) is 35.9 Å². The van der Waals surface area contributed by atoms with Crippen molar-refractivity contribution in [3.05, 3.63) is 23.5 Å². The van der Waals surface area contributed by atoms with Crippen molar-refractivity contribution in [2.24, 2.45) is 0 Å². The minimum absolute atomic E-state index is 0.108. The average molecular weight is 276 g/mol. The third-order valence-electron chi connectivity index (χ3n) is 2.66. The molecule has 0 spiro atoms. The summed E-state index contributed by atoms with van der Waals surface area (Å²) in [5.41, 5.74) is 6.13. The van der Waals surface area contributed by atoms with Gasteiger partial charge in [-0.1, -0.05) is 19.1 Å². The van der Waals surface area contributed by atoms with Gasteiger partial charge in [-0.15, -0.1) is 10.2 Å². The third-order valence-corrected chi connectivity index (χ3v) is 2.66. The van der Waals surface area contributed by atoms with Gasteiger partial charge >= 0.3 is 0 Å². The fourth-order valence-electron chi connectivity index (χ4n) is 1.55. The fraction of sp³-hybridized carbons (Fsp3) is 0.455. The van der Waals surface area contributed by atoms with E-state index in [1.54, 1.807) is 6.92 Å². The minimum Gasteiger partial charge on any atom is -0.396 e. The van der Waals surface area contributed by atoms with Crippen LogP contribution in [0.15, 0.2) is 6.20 Å². The molecule has 0 aliphatic rings. The van der Waals surface area contributed by atoms with E-state index in [9.17, 15) is 4.79 Å². The first kappa shape index (κ1) is 13.8. The highest BCUT2D eigenvalue weighted by Gasteiger charge is 2.19. The van der Waals surface area contributed by atoms with Crippen LogP contribution in [0.3, 0.4) is 0 Å². The van der Waals surface area contributed by atoms with Crippen LogP contribution < -0.4 is 11.1 Å². The number of rotatable bonds is 4. The maximum absolute atomic E-state index is 12.2. The molecule has 1 atom stereocenters. The Morgan fingerprint density at radius 3 is 2.70 bits per heavy atom. The molecule has 9 heteroatoms. The van der Waals surface area contributed by atoms with Crippen molar-refractivity contribution < 1.29 is 4.79 Å². The zero-order chi connectivity index (χ0) is 14.7. The lowest BCUT2D eigenvalue weighted by Crippen LogP contribution is -2.29. The second kappa shape index (κ2) is 5.59. The predicted octanol–water partition coefficient (Wildman–Crippen LogP) is 0.186. The van der Waals surface area contributed by atoms with E-state index in [4.69, 9.17) is 5.73 Å². The Kier molecular flexibility index (Phi) is 3.87. The number of carbonyl (C=O) groups excluding carboxylic acids is 1. The number of amides is 1. The van der Waals surface area contributed by atoms with Gasteiger partial charge < -0.3 is 11.1 Å². The molecular weight excluding hydrogens is 260 g/mol. The third kappa shape index (κ3) is 2.87. The topological polar surface area (TPSA) is 135 Å². The normalized spacial score (nSPS) is 12.4. The SMILES string of the molecule is CC(C)c1ncc(N)c(C(=O)NC(C)c2nn[nH]n2)n1. The maximum Gasteiger partial charge on any atom is 0.272 e. The maximum atomic E-state index is 12.2. The number of H-pyrrole nitrogens is 1. The van der Waals surface area contributed by atoms with Crippen LogP contribution >= 0.6 is 0 Å². The largest absolute Gasteiger partial charge is 0.396 e. The number of nitrogens with two attached hydrogens (primary N) is 1. The number of carbonyl (C=O) groups is 1. The van der Waals surface area contributed by atoms with Gasteiger partial charge in [0.15, 0.2) is 11.5 Å². The lowest BCUT2D eigenvalue weighted by molar-refractivity contribution is 0.0933. The zero-order valence-corrected chi connectivity index (χ0v) is 11.5. The molecule has 9 nitrogen and oxygen atoms in total. The molecule has 0 aliphatic carbocycles. The molecule has 0 fully saturated rings. The van der Waals surface area contributed by atoms with E-state index in [-0.39, 0.29) is 17.3 Å². The number of hydrogen-bond donors (Lipinski definition) is 3. The molecule has 4 N–H and O–H groups in total. The molecule has 0 saturated heterocycles. The van der Waals surface area contributed by atoms with Crippen LogP contribution in [0, 0.1) is 0 Å². The number of nitrogen functional groups attached to an aromatic ring is 1. The standard InChI is InChI=1S/C11H16N8O/c1-5(2)9-13-4-7(12)8(15-9)11(20)14-6(3)10-16-18-19-17-10/h4-6H,12H2,1-3H3,(H,14,20)(H,16,17,18,19). The van der Waals surface area contributed by atoms with Crippen LogP contribution in [0.1, 0.15) is 54.9 Å². The number of anilines is 1. The molecule has 1 amide bonds. The van der Waals surface area contributed by atoms with E-state index >= 15 is 0 Å². The quantitative estimate of drug-likeness (QED) is 0.725. The molecule has 0 saturated carbocycles. The van der Waals surface area contributed by atoms with Crippen molar-refractivity contribution in [1.29, 1.82) is 0 Å². The molecule has 20 heavy (non-hydrogen) atoms. The van der Waals surface area contributed by atoms with E-state index in [1.807, 2.05) is 13.8 Å². The molecule has 2 aromatic rings. The average Bonchev–Trinajstić information content (AvgIpc) is 2.92. The highest BCUT2D eigenvalue weighted by atomic mass is 16.2. The Hall–Kier alpha value is -2.58. The predicted molar refractivity (Wildman–Crippen MR) is 70.6 cm³/mol. The Balaban J connectivity index is 2.18. The number of tetrazole rings is 1. The van der Waals surface area contributed by atoms with E-state index in [0.29, 0.717) is 11.6 Å². The van der Waals surface area contributed by atoms with Crippen molar-refractivity contribution in [3.8, 4) is 0 Å². The van der Waals surface area contributed by atoms with Crippen LogP contribution in [-0.2, 0) is 0 Å². The van der Waals surface area contributed by atoms with Gasteiger partial charge in [0.25, 0.3) is 5.91 Å². The molecule has 0 aromatic carbocycles. The first-order chi connectivity index (χ1) is 9.49. The highest BCUT2D eigenvalue weighted by Crippen LogP contribution is 2.14. The van der Waals surface area contributed by atoms with Gasteiger partial charge in [0, 0.05) is 5.92 Å². The summed E-state index contributed by atoms with van der Waals surface area (Å²) in [6, 6.07) is -0.405. The van der Waals surface area contributed by atoms with Crippen molar-refractivity contribution in [2.45, 2.75) is 32.7 Å². The fourth-order valence-corrected chi connectivity index (χ4v) is 1.55. The van der Waals surface area contributed by atoms with Crippen molar-refractivity contribution in [3.63, 3.8) is 0 Å². The summed E-state index contributed by atoms with van der Waals surface area (Å²) < 4.78 is 0. The summed E-state index contributed by atoms with van der Waals surface area (Å²) >= 11 is 0. The first-order valence-corrected chi connectivity index (χ1v) is 6.15. The van der Waals surface area contributed by atoms with E-state index in [1.165, 1.54) is 6.20 Å². The molecular formula is C11H16N8O. The molecule has 0 radical (unpaired) electrons. The van der Waals surface area contributed by atoms with Gasteiger partial charge in [-0.05, 0) is 6.92 Å². The summed E-state index contributed by atoms with van der Waals surface area (Å²) in [7, 11) is 0. The van der Waals surface area contributed by atoms with Gasteiger partial charge in [-0.3, -0.25) is 4.79 Å². The van der Waals surface area contributed by atoms with Crippen LogP contribution in [0.4, 0.5) is 5.69 Å². The first-order valence-electron chi connectivity index (χ1n) is 6.15. The number of hydrogen-bond acceptors (Lipinski definition) is 7. The van der Waals surface area contributed by atoms with Gasteiger partial charge in [0.2, 0.25) is 0 Å². The molecule has 2 rings (SSSR count). The van der Waals surface area contributed by atoms with Crippen LogP contribution in [-0.4, -0.2) is 36.5 Å². The van der Waals surface area contributed by atoms with Gasteiger partial charge in [-0.25, -0.2) is 9.97 Å². The Morgan fingerprint density at radius 2 is 2.10 bits per heavy atom. The molecule has 106 valence electrons. The number of nitrogens with zero attached hydrogens (tertiary/aromatic N) is 5. The lowest BCUT2D eigenvalue weighted by Gasteiger charge is -2.12. The number of aromatic amines is 1. The summed E-state index contributed by atoms with van der Waals surface area (Å²) in [5.74, 6) is 0.660. The monoisotopic (exact) mass is 276 g/mol. The second-order valence-electron chi connectivity index (χ2n) is 4.65. The van der Waals surface area contributed by atoms with Gasteiger partial charge in [0.1, 0.15) is 5.82 Å². The molecule has 2 aromatic heterocycles. The van der Waals surface area contributed by atoms with Crippen LogP contribution in [0.5, 0.6) is 0 Å². The van der Waals surface area contributed by atoms with Crippen LogP contribution in [0.2, 0.25) is 0 Å². The molecule has 0 aliphatic heterocycles. The van der Waals surface area contributed by atoms with Crippen molar-refractivity contribution >= 4 is 11.6 Å². The lowest BCUT2D eigenvalue weighted by atomic mass is 10.2. The Labute approximate surface area is 115 Å². The Bertz CT molecular complexity index is 594. The number of nitrogens with one attached hydrogen (secondary N) is 2. The molecule has 1 unspecified atom stereocenters. The Morgan fingerprint density at radius 1 is 1.35 bits per heavy atom. The van der Waals surface area contributed by atoms with Gasteiger partial charge in [-0.2, -0.15) is 5.21 Å². The zero-order valence-electron chi connectivity index (χ0n) is 11.5. The van der Waals surface area contributed by atoms with E-state index in [0.717, 1.165) is 0 Å². The number of aromatic nitrogens is 6. The molecule has 0 bridgehead atoms. The summed E-state index contributed by atoms with van der Waals surface area (Å²) in [6.45, 7) is 5.62. The summed E-state index contributed by atoms with van der Waals surface area (Å²) in [6.07, 6.45) is 1.44. The minimum atomic E-state index is -0.405. The second-order valence-corrected chi connectivity index (χ2v) is 4.65. The highest BCUT2D eigenvalue weighted by molar-refractivity contribution is 5.97.